The molecule has 0 aromatic carbocycles. The van der Waals surface area contributed by atoms with E-state index in [2.05, 4.69) is 5.32 Å². The molecule has 1 aliphatic carbocycles. The van der Waals surface area contributed by atoms with Crippen LogP contribution < -0.4 is 5.32 Å². The highest BCUT2D eigenvalue weighted by molar-refractivity contribution is 4.72. The first kappa shape index (κ1) is 12.0. The van der Waals surface area contributed by atoms with Gasteiger partial charge in [-0.3, -0.25) is 0 Å². The number of aliphatic hydroxyl groups excluding tert-OH is 1. The average Bonchev–Trinajstić information content (AvgIpc) is 2.94. The summed E-state index contributed by atoms with van der Waals surface area (Å²) in [6.45, 7) is 6.52. The molecule has 0 amide bonds. The Balaban J connectivity index is 1.78. The zero-order valence-electron chi connectivity index (χ0n) is 9.33. The van der Waals surface area contributed by atoms with Crippen molar-refractivity contribution >= 4 is 0 Å². The highest BCUT2D eigenvalue weighted by Crippen LogP contribution is 2.28. The molecule has 3 nitrogen and oxygen atoms in total. The Kier molecular flexibility index (Phi) is 5.45. The Labute approximate surface area is 86.8 Å². The molecule has 1 rings (SSSR count). The zero-order chi connectivity index (χ0) is 10.4. The molecule has 0 radical (unpaired) electrons. The topological polar surface area (TPSA) is 41.5 Å². The van der Waals surface area contributed by atoms with Crippen LogP contribution in [0.2, 0.25) is 0 Å². The van der Waals surface area contributed by atoms with Crippen LogP contribution in [0.1, 0.15) is 33.1 Å². The fourth-order valence-electron chi connectivity index (χ4n) is 1.21. The van der Waals surface area contributed by atoms with Crippen molar-refractivity contribution in [2.75, 3.05) is 19.8 Å². The van der Waals surface area contributed by atoms with E-state index < -0.39 is 0 Å². The number of rotatable bonds is 8. The lowest BCUT2D eigenvalue weighted by Crippen LogP contribution is -2.36. The molecule has 2 unspecified atom stereocenters. The van der Waals surface area contributed by atoms with Crippen molar-refractivity contribution in [3.63, 3.8) is 0 Å². The van der Waals surface area contributed by atoms with Gasteiger partial charge in [-0.05, 0) is 45.6 Å². The lowest BCUT2D eigenvalue weighted by molar-refractivity contribution is 0.117. The molecule has 84 valence electrons. The van der Waals surface area contributed by atoms with Gasteiger partial charge in [0, 0.05) is 19.3 Å². The van der Waals surface area contributed by atoms with Gasteiger partial charge >= 0.3 is 0 Å². The summed E-state index contributed by atoms with van der Waals surface area (Å²) in [5.74, 6) is 0.861. The summed E-state index contributed by atoms with van der Waals surface area (Å²) in [6.07, 6.45) is 3.47. The summed E-state index contributed by atoms with van der Waals surface area (Å²) >= 11 is 0. The fraction of sp³-hybridized carbons (Fsp3) is 1.00. The van der Waals surface area contributed by atoms with Crippen LogP contribution in [0, 0.1) is 5.92 Å². The minimum Gasteiger partial charge on any atom is -0.392 e. The van der Waals surface area contributed by atoms with E-state index in [1.54, 1.807) is 6.92 Å². The van der Waals surface area contributed by atoms with Crippen molar-refractivity contribution in [1.82, 2.24) is 5.32 Å². The van der Waals surface area contributed by atoms with Gasteiger partial charge in [-0.1, -0.05) is 0 Å². The fourth-order valence-corrected chi connectivity index (χ4v) is 1.21. The van der Waals surface area contributed by atoms with Crippen LogP contribution in [-0.4, -0.2) is 37.0 Å². The van der Waals surface area contributed by atoms with Gasteiger partial charge < -0.3 is 15.2 Å². The van der Waals surface area contributed by atoms with E-state index in [9.17, 15) is 5.11 Å². The standard InChI is InChI=1S/C11H23NO2/c1-9(10(2)13)12-6-3-7-14-8-11-4-5-11/h9-13H,3-8H2,1-2H3. The second-order valence-corrected chi connectivity index (χ2v) is 4.36. The monoisotopic (exact) mass is 201 g/mol. The highest BCUT2D eigenvalue weighted by Gasteiger charge is 2.20. The molecular weight excluding hydrogens is 178 g/mol. The number of aliphatic hydroxyl groups is 1. The van der Waals surface area contributed by atoms with Gasteiger partial charge in [-0.15, -0.1) is 0 Å². The van der Waals surface area contributed by atoms with Crippen LogP contribution in [0.4, 0.5) is 0 Å². The predicted octanol–water partition coefficient (Wildman–Crippen LogP) is 1.16. The van der Waals surface area contributed by atoms with Crippen molar-refractivity contribution in [2.45, 2.75) is 45.3 Å². The summed E-state index contributed by atoms with van der Waals surface area (Å²) in [5.41, 5.74) is 0. The molecule has 0 aromatic heterocycles. The van der Waals surface area contributed by atoms with Crippen LogP contribution in [-0.2, 0) is 4.74 Å². The minimum atomic E-state index is -0.276. The lowest BCUT2D eigenvalue weighted by Gasteiger charge is -2.16. The lowest BCUT2D eigenvalue weighted by atomic mass is 10.2. The molecule has 2 atom stereocenters. The number of hydrogen-bond donors (Lipinski definition) is 2. The van der Waals surface area contributed by atoms with Crippen LogP contribution in [0.3, 0.4) is 0 Å². The Morgan fingerprint density at radius 3 is 2.71 bits per heavy atom. The third-order valence-corrected chi connectivity index (χ3v) is 2.71. The highest BCUT2D eigenvalue weighted by atomic mass is 16.5. The van der Waals surface area contributed by atoms with Crippen molar-refractivity contribution in [1.29, 1.82) is 0 Å². The molecule has 3 heteroatoms. The number of hydrogen-bond acceptors (Lipinski definition) is 3. The SMILES string of the molecule is CC(O)C(C)NCCCOCC1CC1. The number of ether oxygens (including phenoxy) is 1. The maximum atomic E-state index is 9.21. The van der Waals surface area contributed by atoms with E-state index in [-0.39, 0.29) is 12.1 Å². The van der Waals surface area contributed by atoms with Crippen molar-refractivity contribution in [2.24, 2.45) is 5.92 Å². The van der Waals surface area contributed by atoms with E-state index in [0.717, 1.165) is 32.1 Å². The molecule has 0 aliphatic heterocycles. The van der Waals surface area contributed by atoms with Crippen LogP contribution >= 0.6 is 0 Å². The Morgan fingerprint density at radius 2 is 2.14 bits per heavy atom. The van der Waals surface area contributed by atoms with E-state index >= 15 is 0 Å². The van der Waals surface area contributed by atoms with Crippen molar-refractivity contribution < 1.29 is 9.84 Å². The summed E-state index contributed by atoms with van der Waals surface area (Å²) < 4.78 is 5.50. The quantitative estimate of drug-likeness (QED) is 0.579. The normalized spacial score (nSPS) is 20.8. The van der Waals surface area contributed by atoms with E-state index in [1.807, 2.05) is 6.92 Å². The summed E-state index contributed by atoms with van der Waals surface area (Å²) in [6, 6.07) is 0.179. The van der Waals surface area contributed by atoms with Crippen LogP contribution in [0.5, 0.6) is 0 Å². The molecule has 1 fully saturated rings. The van der Waals surface area contributed by atoms with Crippen LogP contribution in [0.15, 0.2) is 0 Å². The summed E-state index contributed by atoms with van der Waals surface area (Å²) in [4.78, 5) is 0. The second kappa shape index (κ2) is 6.38. The van der Waals surface area contributed by atoms with Crippen molar-refractivity contribution in [3.8, 4) is 0 Å². The maximum Gasteiger partial charge on any atom is 0.0662 e. The van der Waals surface area contributed by atoms with Crippen molar-refractivity contribution in [3.05, 3.63) is 0 Å². The summed E-state index contributed by atoms with van der Waals surface area (Å²) in [7, 11) is 0. The average molecular weight is 201 g/mol. The molecule has 0 heterocycles. The van der Waals surface area contributed by atoms with E-state index in [1.165, 1.54) is 12.8 Å². The van der Waals surface area contributed by atoms with Gasteiger partial charge in [0.1, 0.15) is 0 Å². The third kappa shape index (κ3) is 5.58. The predicted molar refractivity (Wildman–Crippen MR) is 57.3 cm³/mol. The molecule has 0 bridgehead atoms. The largest absolute Gasteiger partial charge is 0.392 e. The zero-order valence-corrected chi connectivity index (χ0v) is 9.33. The maximum absolute atomic E-state index is 9.21. The molecule has 1 aliphatic rings. The summed E-state index contributed by atoms with van der Waals surface area (Å²) in [5, 5.41) is 12.5. The molecule has 0 spiro atoms. The Bertz CT molecular complexity index is 146. The van der Waals surface area contributed by atoms with Gasteiger partial charge in [0.15, 0.2) is 0 Å². The van der Waals surface area contributed by atoms with Gasteiger partial charge in [-0.2, -0.15) is 0 Å². The molecule has 14 heavy (non-hydrogen) atoms. The third-order valence-electron chi connectivity index (χ3n) is 2.71. The minimum absolute atomic E-state index is 0.179. The Morgan fingerprint density at radius 1 is 1.43 bits per heavy atom. The van der Waals surface area contributed by atoms with E-state index in [0.29, 0.717) is 0 Å². The molecule has 0 saturated heterocycles. The second-order valence-electron chi connectivity index (χ2n) is 4.36. The van der Waals surface area contributed by atoms with Gasteiger partial charge in [0.2, 0.25) is 0 Å². The number of nitrogens with one attached hydrogen (secondary N) is 1. The first-order chi connectivity index (χ1) is 6.70. The molecule has 0 aromatic rings. The smallest absolute Gasteiger partial charge is 0.0662 e. The van der Waals surface area contributed by atoms with E-state index in [4.69, 9.17) is 4.74 Å². The molecule has 2 N–H and O–H groups in total. The first-order valence-electron chi connectivity index (χ1n) is 5.69. The molecular formula is C11H23NO2. The molecule has 1 saturated carbocycles. The van der Waals surface area contributed by atoms with Gasteiger partial charge in [0.25, 0.3) is 0 Å². The van der Waals surface area contributed by atoms with Gasteiger partial charge in [0.05, 0.1) is 6.10 Å². The Hall–Kier alpha value is -0.120. The van der Waals surface area contributed by atoms with Crippen LogP contribution in [0.25, 0.3) is 0 Å². The van der Waals surface area contributed by atoms with Gasteiger partial charge in [-0.25, -0.2) is 0 Å². The first-order valence-corrected chi connectivity index (χ1v) is 5.69.